The van der Waals surface area contributed by atoms with Crippen LogP contribution in [0.15, 0.2) is 23.3 Å². The molecule has 2 unspecified atom stereocenters. The van der Waals surface area contributed by atoms with Crippen LogP contribution in [0.1, 0.15) is 52.9 Å². The highest BCUT2D eigenvalue weighted by molar-refractivity contribution is 5.96. The molecule has 4 nitrogen and oxygen atoms in total. The van der Waals surface area contributed by atoms with E-state index in [4.69, 9.17) is 0 Å². The summed E-state index contributed by atoms with van der Waals surface area (Å²) in [6.45, 7) is 5.94. The molecule has 25 heavy (non-hydrogen) atoms. The van der Waals surface area contributed by atoms with Crippen LogP contribution in [0.5, 0.6) is 0 Å². The molecule has 7 atom stereocenters. The maximum absolute atomic E-state index is 12.1. The number of fused-ring (bicyclic) bond motifs is 5. The molecule has 0 radical (unpaired) electrons. The zero-order valence-electron chi connectivity index (χ0n) is 15.3. The monoisotopic (exact) mass is 344 g/mol. The molecule has 0 spiro atoms. The van der Waals surface area contributed by atoms with Crippen LogP contribution in [0.2, 0.25) is 0 Å². The van der Waals surface area contributed by atoms with Gasteiger partial charge in [0.2, 0.25) is 0 Å². The number of hydrogen-bond acceptors (Lipinski definition) is 4. The molecule has 0 aromatic carbocycles. The molecule has 136 valence electrons. The molecule has 2 N–H and O–H groups in total. The number of aliphatic hydroxyl groups excluding tert-OH is 2. The minimum Gasteiger partial charge on any atom is -0.389 e. The maximum Gasteiger partial charge on any atom is 0.186 e. The van der Waals surface area contributed by atoms with Crippen molar-refractivity contribution in [3.63, 3.8) is 0 Å². The van der Waals surface area contributed by atoms with Crippen LogP contribution in [0.3, 0.4) is 0 Å². The van der Waals surface area contributed by atoms with E-state index in [9.17, 15) is 19.8 Å². The Labute approximate surface area is 149 Å². The van der Waals surface area contributed by atoms with Crippen LogP contribution in [-0.2, 0) is 9.59 Å². The van der Waals surface area contributed by atoms with Gasteiger partial charge in [-0.2, -0.15) is 0 Å². The molecule has 0 aromatic rings. The standard InChI is InChI=1S/C21H28O4/c1-11(22)14-6-7-15-13-5-4-12-10-17(23)18(24)19(25)21(12,3)16(13)8-9-20(14,15)2/h6,10,13,15-16,18-19,24-25H,4-5,7-9H2,1-3H3/t13-,15-,16-,18?,19?,20+,21-/m0/s1. The number of hydrogen-bond donors (Lipinski definition) is 2. The first kappa shape index (κ1) is 17.2. The fourth-order valence-corrected chi connectivity index (χ4v) is 6.76. The first-order valence-electron chi connectivity index (χ1n) is 9.54. The van der Waals surface area contributed by atoms with Gasteiger partial charge in [0.15, 0.2) is 11.6 Å². The number of carbonyl (C=O) groups is 2. The molecular weight excluding hydrogens is 316 g/mol. The first-order valence-corrected chi connectivity index (χ1v) is 9.54. The van der Waals surface area contributed by atoms with Gasteiger partial charge in [0, 0.05) is 5.41 Å². The highest BCUT2D eigenvalue weighted by Crippen LogP contribution is 2.65. The average molecular weight is 344 g/mol. The topological polar surface area (TPSA) is 74.6 Å². The van der Waals surface area contributed by atoms with Crippen molar-refractivity contribution < 1.29 is 19.8 Å². The highest BCUT2D eigenvalue weighted by atomic mass is 16.3. The second-order valence-electron chi connectivity index (χ2n) is 9.03. The Kier molecular flexibility index (Phi) is 3.69. The maximum atomic E-state index is 12.1. The van der Waals surface area contributed by atoms with Crippen molar-refractivity contribution in [1.29, 1.82) is 0 Å². The third-order valence-electron chi connectivity index (χ3n) is 8.13. The fraction of sp³-hybridized carbons (Fsp3) is 0.714. The van der Waals surface area contributed by atoms with Crippen molar-refractivity contribution in [3.05, 3.63) is 23.3 Å². The molecule has 0 bridgehead atoms. The Bertz CT molecular complexity index is 705. The van der Waals surface area contributed by atoms with Gasteiger partial charge in [0.1, 0.15) is 6.10 Å². The van der Waals surface area contributed by atoms with Crippen LogP contribution in [0.25, 0.3) is 0 Å². The Hall–Kier alpha value is -1.26. The summed E-state index contributed by atoms with van der Waals surface area (Å²) in [6, 6.07) is 0. The van der Waals surface area contributed by atoms with Crippen LogP contribution in [0.4, 0.5) is 0 Å². The lowest BCUT2D eigenvalue weighted by Crippen LogP contribution is -2.59. The summed E-state index contributed by atoms with van der Waals surface area (Å²) in [6.07, 6.45) is 5.98. The molecule has 4 aliphatic rings. The smallest absolute Gasteiger partial charge is 0.186 e. The molecule has 4 rings (SSSR count). The van der Waals surface area contributed by atoms with Gasteiger partial charge < -0.3 is 10.2 Å². The summed E-state index contributed by atoms with van der Waals surface area (Å²) in [7, 11) is 0. The molecule has 0 heterocycles. The van der Waals surface area contributed by atoms with Gasteiger partial charge >= 0.3 is 0 Å². The SMILES string of the molecule is CC(=O)C1=CC[C@H]2[C@@H]3CCC4=CC(=O)C(O)C(O)[C@]4(C)[C@H]3CC[C@]12C. The molecular formula is C21H28O4. The summed E-state index contributed by atoms with van der Waals surface area (Å²) in [4.78, 5) is 24.1. The van der Waals surface area contributed by atoms with Gasteiger partial charge in [-0.05, 0) is 73.8 Å². The first-order chi connectivity index (χ1) is 11.7. The highest BCUT2D eigenvalue weighted by Gasteiger charge is 2.61. The molecule has 2 saturated carbocycles. The van der Waals surface area contributed by atoms with Gasteiger partial charge in [-0.1, -0.05) is 25.5 Å². The van der Waals surface area contributed by atoms with Crippen molar-refractivity contribution in [2.75, 3.05) is 0 Å². The van der Waals surface area contributed by atoms with Crippen LogP contribution < -0.4 is 0 Å². The second-order valence-corrected chi connectivity index (χ2v) is 9.03. The van der Waals surface area contributed by atoms with Crippen molar-refractivity contribution >= 4 is 11.6 Å². The molecule has 2 fully saturated rings. The van der Waals surface area contributed by atoms with Gasteiger partial charge in [-0.25, -0.2) is 0 Å². The van der Waals surface area contributed by atoms with E-state index in [-0.39, 0.29) is 22.9 Å². The summed E-state index contributed by atoms with van der Waals surface area (Å²) < 4.78 is 0. The molecule has 0 saturated heterocycles. The van der Waals surface area contributed by atoms with E-state index in [1.165, 1.54) is 0 Å². The lowest BCUT2D eigenvalue weighted by Gasteiger charge is -2.59. The van der Waals surface area contributed by atoms with E-state index >= 15 is 0 Å². The van der Waals surface area contributed by atoms with E-state index in [1.54, 1.807) is 13.0 Å². The van der Waals surface area contributed by atoms with E-state index in [1.807, 2.05) is 6.92 Å². The Morgan fingerprint density at radius 1 is 1.20 bits per heavy atom. The van der Waals surface area contributed by atoms with E-state index in [0.29, 0.717) is 11.8 Å². The second kappa shape index (κ2) is 5.37. The van der Waals surface area contributed by atoms with Gasteiger partial charge in [0.05, 0.1) is 6.10 Å². The zero-order chi connectivity index (χ0) is 18.1. The van der Waals surface area contributed by atoms with E-state index < -0.39 is 17.6 Å². The minimum absolute atomic E-state index is 0.0569. The summed E-state index contributed by atoms with van der Waals surface area (Å²) in [5, 5.41) is 21.0. The Balaban J connectivity index is 1.72. The van der Waals surface area contributed by atoms with Crippen LogP contribution in [-0.4, -0.2) is 34.0 Å². The largest absolute Gasteiger partial charge is 0.389 e. The van der Waals surface area contributed by atoms with Crippen LogP contribution in [0, 0.1) is 28.6 Å². The third kappa shape index (κ3) is 2.07. The fourth-order valence-electron chi connectivity index (χ4n) is 6.76. The van der Waals surface area contributed by atoms with Gasteiger partial charge in [-0.3, -0.25) is 9.59 Å². The number of Topliss-reactive ketones (excluding diaryl/α,β-unsaturated/α-hetero) is 1. The predicted octanol–water partition coefficient (Wildman–Crippen LogP) is 2.59. The average Bonchev–Trinajstić information content (AvgIpc) is 2.92. The molecule has 4 heteroatoms. The zero-order valence-corrected chi connectivity index (χ0v) is 15.3. The van der Waals surface area contributed by atoms with E-state index in [0.717, 1.165) is 43.3 Å². The summed E-state index contributed by atoms with van der Waals surface area (Å²) in [5.74, 6) is 0.919. The number of allylic oxidation sites excluding steroid dienone is 2. The van der Waals surface area contributed by atoms with Crippen LogP contribution >= 0.6 is 0 Å². The molecule has 0 aromatic heterocycles. The van der Waals surface area contributed by atoms with Crippen molar-refractivity contribution in [3.8, 4) is 0 Å². The summed E-state index contributed by atoms with van der Waals surface area (Å²) in [5.41, 5.74) is 1.41. The minimum atomic E-state index is -1.31. The van der Waals surface area contributed by atoms with Crippen molar-refractivity contribution in [1.82, 2.24) is 0 Å². The molecule has 0 aliphatic heterocycles. The van der Waals surface area contributed by atoms with Gasteiger partial charge in [-0.15, -0.1) is 0 Å². The Morgan fingerprint density at radius 2 is 1.92 bits per heavy atom. The normalized spacial score (nSPS) is 48.8. The Morgan fingerprint density at radius 3 is 2.60 bits per heavy atom. The number of ketones is 2. The van der Waals surface area contributed by atoms with Gasteiger partial charge in [0.25, 0.3) is 0 Å². The number of aliphatic hydroxyl groups is 2. The van der Waals surface area contributed by atoms with E-state index in [2.05, 4.69) is 13.0 Å². The number of carbonyl (C=O) groups excluding carboxylic acids is 2. The molecule has 4 aliphatic carbocycles. The quantitative estimate of drug-likeness (QED) is 0.767. The third-order valence-corrected chi connectivity index (χ3v) is 8.13. The molecule has 0 amide bonds. The van der Waals surface area contributed by atoms with Crippen molar-refractivity contribution in [2.24, 2.45) is 28.6 Å². The number of rotatable bonds is 1. The lowest BCUT2D eigenvalue weighted by atomic mass is 9.46. The van der Waals surface area contributed by atoms with Crippen molar-refractivity contribution in [2.45, 2.75) is 65.1 Å². The summed E-state index contributed by atoms with van der Waals surface area (Å²) >= 11 is 0. The predicted molar refractivity (Wildman–Crippen MR) is 93.6 cm³/mol. The lowest BCUT2D eigenvalue weighted by molar-refractivity contribution is -0.149.